The molecule has 0 aromatic heterocycles. The first-order chi connectivity index (χ1) is 9.34. The highest BCUT2D eigenvalue weighted by molar-refractivity contribution is 5.75. The summed E-state index contributed by atoms with van der Waals surface area (Å²) in [5.74, 6) is 0.857. The van der Waals surface area contributed by atoms with E-state index in [4.69, 9.17) is 4.74 Å². The van der Waals surface area contributed by atoms with E-state index >= 15 is 0 Å². The largest absolute Gasteiger partial charge is 0.381 e. The van der Waals surface area contributed by atoms with E-state index in [-0.39, 0.29) is 5.91 Å². The molecule has 0 radical (unpaired) electrons. The van der Waals surface area contributed by atoms with Crippen LogP contribution in [0.15, 0.2) is 30.3 Å². The summed E-state index contributed by atoms with van der Waals surface area (Å²) in [4.78, 5) is 11.7. The molecule has 1 aliphatic rings. The van der Waals surface area contributed by atoms with Crippen LogP contribution in [0.25, 0.3) is 0 Å². The standard InChI is InChI=1S/C16H23NO2/c18-16(7-6-15-9-12-19-13-10-15)17-11-8-14-4-2-1-3-5-14/h1-5,15H,6-13H2,(H,17,18). The highest BCUT2D eigenvalue weighted by atomic mass is 16.5. The van der Waals surface area contributed by atoms with Gasteiger partial charge in [0.25, 0.3) is 0 Å². The monoisotopic (exact) mass is 261 g/mol. The van der Waals surface area contributed by atoms with Crippen molar-refractivity contribution in [1.82, 2.24) is 5.32 Å². The Morgan fingerprint density at radius 1 is 1.21 bits per heavy atom. The van der Waals surface area contributed by atoms with Gasteiger partial charge in [0.2, 0.25) is 5.91 Å². The molecule has 3 heteroatoms. The van der Waals surface area contributed by atoms with Crippen LogP contribution in [0.4, 0.5) is 0 Å². The SMILES string of the molecule is O=C(CCC1CCOCC1)NCCc1ccccc1. The van der Waals surface area contributed by atoms with E-state index in [1.807, 2.05) is 18.2 Å². The van der Waals surface area contributed by atoms with Crippen molar-refractivity contribution in [3.05, 3.63) is 35.9 Å². The van der Waals surface area contributed by atoms with E-state index in [0.717, 1.165) is 45.4 Å². The van der Waals surface area contributed by atoms with E-state index in [9.17, 15) is 4.79 Å². The summed E-state index contributed by atoms with van der Waals surface area (Å²) in [5, 5.41) is 3.00. The highest BCUT2D eigenvalue weighted by Crippen LogP contribution is 2.19. The van der Waals surface area contributed by atoms with Crippen molar-refractivity contribution in [2.75, 3.05) is 19.8 Å². The Bertz CT molecular complexity index is 372. The van der Waals surface area contributed by atoms with Crippen LogP contribution in [-0.2, 0) is 16.0 Å². The van der Waals surface area contributed by atoms with Crippen molar-refractivity contribution in [1.29, 1.82) is 0 Å². The van der Waals surface area contributed by atoms with E-state index in [0.29, 0.717) is 12.3 Å². The Hall–Kier alpha value is -1.35. The Morgan fingerprint density at radius 3 is 2.68 bits per heavy atom. The number of carbonyl (C=O) groups is 1. The van der Waals surface area contributed by atoms with Crippen molar-refractivity contribution in [3.63, 3.8) is 0 Å². The van der Waals surface area contributed by atoms with Gasteiger partial charge in [-0.15, -0.1) is 0 Å². The van der Waals surface area contributed by atoms with Crippen molar-refractivity contribution in [3.8, 4) is 0 Å². The molecule has 2 rings (SSSR count). The molecule has 1 aromatic carbocycles. The first kappa shape index (κ1) is 14.1. The lowest BCUT2D eigenvalue weighted by Gasteiger charge is -2.21. The zero-order chi connectivity index (χ0) is 13.3. The third kappa shape index (κ3) is 5.43. The number of ether oxygens (including phenoxy) is 1. The molecule has 1 aliphatic heterocycles. The normalized spacial score (nSPS) is 16.2. The van der Waals surface area contributed by atoms with E-state index in [1.165, 1.54) is 5.56 Å². The summed E-state index contributed by atoms with van der Waals surface area (Å²) >= 11 is 0. The molecule has 1 N–H and O–H groups in total. The van der Waals surface area contributed by atoms with Gasteiger partial charge in [0.05, 0.1) is 0 Å². The molecule has 104 valence electrons. The Labute approximate surface area is 115 Å². The molecule has 0 aliphatic carbocycles. The van der Waals surface area contributed by atoms with Gasteiger partial charge in [0.15, 0.2) is 0 Å². The number of hydrogen-bond acceptors (Lipinski definition) is 2. The average Bonchev–Trinajstić information content (AvgIpc) is 2.47. The van der Waals surface area contributed by atoms with Crippen LogP contribution in [0.2, 0.25) is 0 Å². The van der Waals surface area contributed by atoms with Crippen LogP contribution >= 0.6 is 0 Å². The number of amides is 1. The van der Waals surface area contributed by atoms with Crippen LogP contribution in [-0.4, -0.2) is 25.7 Å². The van der Waals surface area contributed by atoms with Gasteiger partial charge in [0.1, 0.15) is 0 Å². The van der Waals surface area contributed by atoms with Crippen LogP contribution in [0.1, 0.15) is 31.2 Å². The molecule has 1 heterocycles. The van der Waals surface area contributed by atoms with Crippen LogP contribution in [0.3, 0.4) is 0 Å². The second kappa shape index (κ2) is 7.95. The van der Waals surface area contributed by atoms with E-state index in [2.05, 4.69) is 17.4 Å². The lowest BCUT2D eigenvalue weighted by Crippen LogP contribution is -2.26. The predicted molar refractivity (Wildman–Crippen MR) is 75.9 cm³/mol. The fourth-order valence-electron chi connectivity index (χ4n) is 2.45. The summed E-state index contributed by atoms with van der Waals surface area (Å²) < 4.78 is 5.32. The molecule has 1 fully saturated rings. The minimum Gasteiger partial charge on any atom is -0.381 e. The second-order valence-electron chi connectivity index (χ2n) is 5.18. The Balaban J connectivity index is 1.57. The van der Waals surface area contributed by atoms with Crippen molar-refractivity contribution in [2.24, 2.45) is 5.92 Å². The quantitative estimate of drug-likeness (QED) is 0.854. The Morgan fingerprint density at radius 2 is 1.95 bits per heavy atom. The van der Waals surface area contributed by atoms with Crippen molar-refractivity contribution < 1.29 is 9.53 Å². The number of nitrogens with one attached hydrogen (secondary N) is 1. The van der Waals surface area contributed by atoms with Gasteiger partial charge in [-0.2, -0.15) is 0 Å². The summed E-state index contributed by atoms with van der Waals surface area (Å²) in [6, 6.07) is 10.3. The first-order valence-electron chi connectivity index (χ1n) is 7.23. The fraction of sp³-hybridized carbons (Fsp3) is 0.562. The molecular formula is C16H23NO2. The summed E-state index contributed by atoms with van der Waals surface area (Å²) in [5.41, 5.74) is 1.27. The number of benzene rings is 1. The van der Waals surface area contributed by atoms with Gasteiger partial charge >= 0.3 is 0 Å². The van der Waals surface area contributed by atoms with Crippen molar-refractivity contribution >= 4 is 5.91 Å². The number of carbonyl (C=O) groups excluding carboxylic acids is 1. The molecule has 1 amide bonds. The van der Waals surface area contributed by atoms with E-state index < -0.39 is 0 Å². The molecule has 0 spiro atoms. The third-order valence-corrected chi connectivity index (χ3v) is 3.70. The molecule has 0 saturated carbocycles. The lowest BCUT2D eigenvalue weighted by atomic mass is 9.95. The minimum atomic E-state index is 0.183. The summed E-state index contributed by atoms with van der Waals surface area (Å²) in [7, 11) is 0. The average molecular weight is 261 g/mol. The summed E-state index contributed by atoms with van der Waals surface area (Å²) in [6.45, 7) is 2.46. The van der Waals surface area contributed by atoms with Gasteiger partial charge in [-0.3, -0.25) is 4.79 Å². The lowest BCUT2D eigenvalue weighted by molar-refractivity contribution is -0.121. The molecule has 0 bridgehead atoms. The van der Waals surface area contributed by atoms with Gasteiger partial charge < -0.3 is 10.1 Å². The van der Waals surface area contributed by atoms with Gasteiger partial charge in [-0.25, -0.2) is 0 Å². The third-order valence-electron chi connectivity index (χ3n) is 3.70. The van der Waals surface area contributed by atoms with Crippen molar-refractivity contribution in [2.45, 2.75) is 32.1 Å². The molecular weight excluding hydrogens is 238 g/mol. The fourth-order valence-corrected chi connectivity index (χ4v) is 2.45. The second-order valence-corrected chi connectivity index (χ2v) is 5.18. The minimum absolute atomic E-state index is 0.183. The van der Waals surface area contributed by atoms with Crippen LogP contribution < -0.4 is 5.32 Å². The van der Waals surface area contributed by atoms with Crippen LogP contribution in [0, 0.1) is 5.92 Å². The molecule has 0 unspecified atom stereocenters. The Kier molecular flexibility index (Phi) is 5.89. The molecule has 3 nitrogen and oxygen atoms in total. The topological polar surface area (TPSA) is 38.3 Å². The smallest absolute Gasteiger partial charge is 0.220 e. The van der Waals surface area contributed by atoms with Crippen LogP contribution in [0.5, 0.6) is 0 Å². The highest BCUT2D eigenvalue weighted by Gasteiger charge is 2.14. The zero-order valence-corrected chi connectivity index (χ0v) is 11.4. The maximum atomic E-state index is 11.7. The molecule has 1 aromatic rings. The first-order valence-corrected chi connectivity index (χ1v) is 7.23. The predicted octanol–water partition coefficient (Wildman–Crippen LogP) is 2.55. The van der Waals surface area contributed by atoms with Gasteiger partial charge in [-0.1, -0.05) is 30.3 Å². The van der Waals surface area contributed by atoms with Gasteiger partial charge in [0, 0.05) is 26.2 Å². The molecule has 0 atom stereocenters. The van der Waals surface area contributed by atoms with E-state index in [1.54, 1.807) is 0 Å². The van der Waals surface area contributed by atoms with Gasteiger partial charge in [-0.05, 0) is 37.2 Å². The maximum absolute atomic E-state index is 11.7. The zero-order valence-electron chi connectivity index (χ0n) is 11.4. The molecule has 19 heavy (non-hydrogen) atoms. The molecule has 1 saturated heterocycles. The maximum Gasteiger partial charge on any atom is 0.220 e. The number of rotatable bonds is 6. The number of hydrogen-bond donors (Lipinski definition) is 1. The summed E-state index contributed by atoms with van der Waals surface area (Å²) in [6.07, 6.45) is 4.78.